The molecule has 0 bridgehead atoms. The highest BCUT2D eigenvalue weighted by atomic mass is 35.5. The van der Waals surface area contributed by atoms with E-state index < -0.39 is 0 Å². The Labute approximate surface area is 126 Å². The number of halogens is 2. The first kappa shape index (κ1) is 15.8. The molecule has 1 fully saturated rings. The number of rotatable bonds is 6. The third-order valence-electron chi connectivity index (χ3n) is 4.56. The van der Waals surface area contributed by atoms with Crippen LogP contribution in [0.3, 0.4) is 0 Å². The van der Waals surface area contributed by atoms with Gasteiger partial charge in [-0.25, -0.2) is 4.39 Å². The van der Waals surface area contributed by atoms with Crippen molar-refractivity contribution in [3.8, 4) is 0 Å². The third kappa shape index (κ3) is 3.95. The molecule has 20 heavy (non-hydrogen) atoms. The summed E-state index contributed by atoms with van der Waals surface area (Å²) in [6.45, 7) is 5.57. The molecule has 1 saturated carbocycles. The lowest BCUT2D eigenvalue weighted by molar-refractivity contribution is 0.295. The Morgan fingerprint density at radius 2 is 2.20 bits per heavy atom. The lowest BCUT2D eigenvalue weighted by atomic mass is 9.86. The van der Waals surface area contributed by atoms with Crippen LogP contribution in [0, 0.1) is 17.7 Å². The molecule has 3 heteroatoms. The Balaban J connectivity index is 2.10. The molecule has 112 valence electrons. The summed E-state index contributed by atoms with van der Waals surface area (Å²) in [5.74, 6) is 1.22. The zero-order chi connectivity index (χ0) is 14.5. The van der Waals surface area contributed by atoms with Gasteiger partial charge in [0.15, 0.2) is 0 Å². The van der Waals surface area contributed by atoms with Crippen LogP contribution in [0.25, 0.3) is 0 Å². The van der Waals surface area contributed by atoms with E-state index in [1.165, 1.54) is 31.4 Å². The Hall–Kier alpha value is -0.600. The second-order valence-corrected chi connectivity index (χ2v) is 6.48. The molecule has 1 aliphatic carbocycles. The average Bonchev–Trinajstić information content (AvgIpc) is 2.83. The zero-order valence-corrected chi connectivity index (χ0v) is 13.2. The van der Waals surface area contributed by atoms with Crippen molar-refractivity contribution in [2.24, 2.45) is 11.8 Å². The number of benzene rings is 1. The summed E-state index contributed by atoms with van der Waals surface area (Å²) < 4.78 is 13.2. The first-order valence-electron chi connectivity index (χ1n) is 7.79. The fraction of sp³-hybridized carbons (Fsp3) is 0.647. The second kappa shape index (κ2) is 7.42. The quantitative estimate of drug-likeness (QED) is 0.793. The monoisotopic (exact) mass is 297 g/mol. The smallest absolute Gasteiger partial charge is 0.124 e. The van der Waals surface area contributed by atoms with Crippen molar-refractivity contribution in [1.29, 1.82) is 0 Å². The van der Waals surface area contributed by atoms with Gasteiger partial charge in [-0.3, -0.25) is 0 Å². The molecule has 1 nitrogen and oxygen atoms in total. The maximum atomic E-state index is 13.2. The Morgan fingerprint density at radius 3 is 2.80 bits per heavy atom. The lowest BCUT2D eigenvalue weighted by Gasteiger charge is -2.28. The summed E-state index contributed by atoms with van der Waals surface area (Å²) in [7, 11) is 0. The molecule has 0 aromatic heterocycles. The van der Waals surface area contributed by atoms with E-state index in [1.54, 1.807) is 0 Å². The summed E-state index contributed by atoms with van der Waals surface area (Å²) in [5, 5.41) is 4.23. The van der Waals surface area contributed by atoms with Crippen molar-refractivity contribution in [3.63, 3.8) is 0 Å². The minimum absolute atomic E-state index is 0.258. The summed E-state index contributed by atoms with van der Waals surface area (Å²) in [5.41, 5.74) is 1.06. The van der Waals surface area contributed by atoms with Crippen LogP contribution in [-0.2, 0) is 6.42 Å². The van der Waals surface area contributed by atoms with E-state index in [-0.39, 0.29) is 5.82 Å². The van der Waals surface area contributed by atoms with Crippen molar-refractivity contribution < 1.29 is 4.39 Å². The highest BCUT2D eigenvalue weighted by Gasteiger charge is 2.30. The van der Waals surface area contributed by atoms with Gasteiger partial charge in [-0.2, -0.15) is 0 Å². The maximum absolute atomic E-state index is 13.2. The van der Waals surface area contributed by atoms with E-state index >= 15 is 0 Å². The molecule has 0 radical (unpaired) electrons. The van der Waals surface area contributed by atoms with Crippen LogP contribution in [0.2, 0.25) is 5.02 Å². The first-order valence-corrected chi connectivity index (χ1v) is 8.17. The topological polar surface area (TPSA) is 12.0 Å². The van der Waals surface area contributed by atoms with Crippen molar-refractivity contribution in [3.05, 3.63) is 34.6 Å². The van der Waals surface area contributed by atoms with Gasteiger partial charge in [0.05, 0.1) is 0 Å². The van der Waals surface area contributed by atoms with Crippen LogP contribution in [0.4, 0.5) is 4.39 Å². The minimum Gasteiger partial charge on any atom is -0.313 e. The zero-order valence-electron chi connectivity index (χ0n) is 12.5. The van der Waals surface area contributed by atoms with E-state index in [2.05, 4.69) is 19.2 Å². The van der Waals surface area contributed by atoms with E-state index in [0.717, 1.165) is 30.9 Å². The van der Waals surface area contributed by atoms with Crippen molar-refractivity contribution in [1.82, 2.24) is 5.32 Å². The Bertz CT molecular complexity index is 435. The van der Waals surface area contributed by atoms with Crippen LogP contribution < -0.4 is 5.32 Å². The highest BCUT2D eigenvalue weighted by molar-refractivity contribution is 6.31. The van der Waals surface area contributed by atoms with Crippen molar-refractivity contribution in [2.75, 3.05) is 6.54 Å². The number of hydrogen-bond acceptors (Lipinski definition) is 1. The Kier molecular flexibility index (Phi) is 5.86. The summed E-state index contributed by atoms with van der Waals surface area (Å²) in [6, 6.07) is 5.22. The van der Waals surface area contributed by atoms with E-state index in [4.69, 9.17) is 11.6 Å². The van der Waals surface area contributed by atoms with E-state index in [9.17, 15) is 4.39 Å². The molecule has 3 unspecified atom stereocenters. The molecular formula is C17H25ClFN. The molecule has 1 N–H and O–H groups in total. The average molecular weight is 298 g/mol. The van der Waals surface area contributed by atoms with Crippen LogP contribution in [-0.4, -0.2) is 12.6 Å². The van der Waals surface area contributed by atoms with Gasteiger partial charge in [0.25, 0.3) is 0 Å². The van der Waals surface area contributed by atoms with Gasteiger partial charge in [-0.1, -0.05) is 44.4 Å². The largest absolute Gasteiger partial charge is 0.313 e. The van der Waals surface area contributed by atoms with Gasteiger partial charge in [0.1, 0.15) is 5.82 Å². The van der Waals surface area contributed by atoms with Crippen LogP contribution in [0.5, 0.6) is 0 Å². The fourth-order valence-corrected chi connectivity index (χ4v) is 3.65. The maximum Gasteiger partial charge on any atom is 0.124 e. The SMILES string of the molecule is CCCNC(Cc1ccc(F)cc1Cl)C1CCCC1C. The van der Waals surface area contributed by atoms with Gasteiger partial charge >= 0.3 is 0 Å². The second-order valence-electron chi connectivity index (χ2n) is 6.07. The van der Waals surface area contributed by atoms with Crippen LogP contribution in [0.1, 0.15) is 45.1 Å². The Morgan fingerprint density at radius 1 is 1.40 bits per heavy atom. The summed E-state index contributed by atoms with van der Waals surface area (Å²) >= 11 is 6.18. The van der Waals surface area contributed by atoms with Crippen molar-refractivity contribution in [2.45, 2.75) is 52.0 Å². The molecule has 1 aromatic carbocycles. The lowest BCUT2D eigenvalue weighted by Crippen LogP contribution is -2.39. The van der Waals surface area contributed by atoms with Gasteiger partial charge in [0, 0.05) is 11.1 Å². The van der Waals surface area contributed by atoms with Crippen LogP contribution >= 0.6 is 11.6 Å². The molecule has 1 aliphatic rings. The molecule has 0 amide bonds. The molecule has 0 saturated heterocycles. The van der Waals surface area contributed by atoms with E-state index in [1.807, 2.05) is 6.07 Å². The molecular weight excluding hydrogens is 273 g/mol. The molecule has 1 aromatic rings. The minimum atomic E-state index is -0.258. The van der Waals surface area contributed by atoms with Gasteiger partial charge < -0.3 is 5.32 Å². The number of nitrogens with one attached hydrogen (secondary N) is 1. The predicted octanol–water partition coefficient (Wildman–Crippen LogP) is 4.83. The predicted molar refractivity (Wildman–Crippen MR) is 83.7 cm³/mol. The molecule has 0 heterocycles. The van der Waals surface area contributed by atoms with Crippen LogP contribution in [0.15, 0.2) is 18.2 Å². The standard InChI is InChI=1S/C17H25ClFN/c1-3-9-20-17(15-6-4-5-12(15)2)10-13-7-8-14(19)11-16(13)18/h7-8,11-12,15,17,20H,3-6,9-10H2,1-2H3. The third-order valence-corrected chi connectivity index (χ3v) is 4.91. The normalized spacial score (nSPS) is 24.0. The molecule has 0 spiro atoms. The first-order chi connectivity index (χ1) is 9.61. The van der Waals surface area contributed by atoms with Gasteiger partial charge in [-0.05, 0) is 55.3 Å². The van der Waals surface area contributed by atoms with Gasteiger partial charge in [-0.15, -0.1) is 0 Å². The molecule has 2 rings (SSSR count). The molecule has 0 aliphatic heterocycles. The van der Waals surface area contributed by atoms with Crippen molar-refractivity contribution >= 4 is 11.6 Å². The van der Waals surface area contributed by atoms with Gasteiger partial charge in [0.2, 0.25) is 0 Å². The number of hydrogen-bond donors (Lipinski definition) is 1. The fourth-order valence-electron chi connectivity index (χ4n) is 3.40. The molecule has 3 atom stereocenters. The highest BCUT2D eigenvalue weighted by Crippen LogP contribution is 2.35. The van der Waals surface area contributed by atoms with E-state index in [0.29, 0.717) is 17.0 Å². The summed E-state index contributed by atoms with van der Waals surface area (Å²) in [6.07, 6.45) is 5.98. The summed E-state index contributed by atoms with van der Waals surface area (Å²) in [4.78, 5) is 0.